The van der Waals surface area contributed by atoms with Crippen LogP contribution in [0.2, 0.25) is 0 Å². The smallest absolute Gasteiger partial charge is 0.193 e. The third-order valence-corrected chi connectivity index (χ3v) is 4.19. The van der Waals surface area contributed by atoms with Crippen LogP contribution in [0.25, 0.3) is 0 Å². The van der Waals surface area contributed by atoms with Crippen molar-refractivity contribution in [2.24, 2.45) is 10.9 Å². The molecule has 0 aromatic rings. The van der Waals surface area contributed by atoms with E-state index in [2.05, 4.69) is 42.9 Å². The summed E-state index contributed by atoms with van der Waals surface area (Å²) in [5.41, 5.74) is 0. The van der Waals surface area contributed by atoms with Gasteiger partial charge in [0.1, 0.15) is 0 Å². The van der Waals surface area contributed by atoms with Gasteiger partial charge in [0.2, 0.25) is 0 Å². The lowest BCUT2D eigenvalue weighted by Crippen LogP contribution is -2.47. The maximum absolute atomic E-state index is 5.80. The maximum Gasteiger partial charge on any atom is 0.193 e. The molecule has 0 radical (unpaired) electrons. The average molecular weight is 313 g/mol. The van der Waals surface area contributed by atoms with Gasteiger partial charge in [0.05, 0.1) is 12.2 Å². The van der Waals surface area contributed by atoms with Crippen LogP contribution in [-0.4, -0.2) is 63.0 Å². The van der Waals surface area contributed by atoms with Crippen molar-refractivity contribution in [2.45, 2.75) is 59.2 Å². The fraction of sp³-hybridized carbons (Fsp3) is 0.941. The summed E-state index contributed by atoms with van der Waals surface area (Å²) >= 11 is 0. The third-order valence-electron chi connectivity index (χ3n) is 4.19. The van der Waals surface area contributed by atoms with Crippen LogP contribution in [0.15, 0.2) is 4.99 Å². The fourth-order valence-corrected chi connectivity index (χ4v) is 2.95. The van der Waals surface area contributed by atoms with Gasteiger partial charge >= 0.3 is 0 Å². The molecule has 130 valence electrons. The summed E-state index contributed by atoms with van der Waals surface area (Å²) < 4.78 is 11.5. The van der Waals surface area contributed by atoms with Gasteiger partial charge in [0.15, 0.2) is 5.96 Å². The fourth-order valence-electron chi connectivity index (χ4n) is 2.95. The van der Waals surface area contributed by atoms with Crippen LogP contribution < -0.4 is 5.32 Å². The largest absolute Gasteiger partial charge is 0.378 e. The molecule has 1 unspecified atom stereocenters. The minimum Gasteiger partial charge on any atom is -0.378 e. The zero-order valence-corrected chi connectivity index (χ0v) is 15.1. The van der Waals surface area contributed by atoms with Gasteiger partial charge in [0.25, 0.3) is 0 Å². The molecule has 0 aromatic carbocycles. The van der Waals surface area contributed by atoms with Gasteiger partial charge < -0.3 is 19.7 Å². The van der Waals surface area contributed by atoms with E-state index in [1.165, 1.54) is 0 Å². The number of hydrogen-bond donors (Lipinski definition) is 1. The van der Waals surface area contributed by atoms with Crippen molar-refractivity contribution in [3.8, 4) is 0 Å². The molecule has 0 amide bonds. The molecule has 0 bridgehead atoms. The van der Waals surface area contributed by atoms with Crippen molar-refractivity contribution < 1.29 is 9.47 Å². The van der Waals surface area contributed by atoms with Gasteiger partial charge in [-0.05, 0) is 39.0 Å². The van der Waals surface area contributed by atoms with E-state index in [-0.39, 0.29) is 0 Å². The van der Waals surface area contributed by atoms with Crippen LogP contribution in [0.5, 0.6) is 0 Å². The van der Waals surface area contributed by atoms with Crippen LogP contribution in [-0.2, 0) is 9.47 Å². The summed E-state index contributed by atoms with van der Waals surface area (Å²) in [4.78, 5) is 6.75. The van der Waals surface area contributed by atoms with E-state index in [4.69, 9.17) is 9.47 Å². The number of guanidine groups is 1. The number of hydrogen-bond acceptors (Lipinski definition) is 3. The Morgan fingerprint density at radius 1 is 1.23 bits per heavy atom. The first-order chi connectivity index (χ1) is 10.6. The minimum atomic E-state index is 0.319. The van der Waals surface area contributed by atoms with E-state index in [0.29, 0.717) is 18.1 Å². The molecule has 1 aliphatic heterocycles. The van der Waals surface area contributed by atoms with E-state index in [9.17, 15) is 0 Å². The number of likely N-dealkylation sites (tertiary alicyclic amines) is 1. The Balaban J connectivity index is 2.34. The summed E-state index contributed by atoms with van der Waals surface area (Å²) in [6.07, 6.45) is 3.92. The summed E-state index contributed by atoms with van der Waals surface area (Å²) in [6.45, 7) is 13.1. The number of ether oxygens (including phenoxy) is 2. The predicted octanol–water partition coefficient (Wildman–Crippen LogP) is 2.51. The van der Waals surface area contributed by atoms with E-state index >= 15 is 0 Å². The van der Waals surface area contributed by atoms with Gasteiger partial charge in [-0.1, -0.05) is 13.8 Å². The zero-order valence-electron chi connectivity index (χ0n) is 15.1. The van der Waals surface area contributed by atoms with Crippen LogP contribution >= 0.6 is 0 Å². The van der Waals surface area contributed by atoms with Crippen molar-refractivity contribution in [1.29, 1.82) is 0 Å². The predicted molar refractivity (Wildman–Crippen MR) is 92.5 cm³/mol. The molecular formula is C17H35N3O2. The zero-order chi connectivity index (χ0) is 16.4. The van der Waals surface area contributed by atoms with Crippen LogP contribution in [0.4, 0.5) is 0 Å². The van der Waals surface area contributed by atoms with Crippen molar-refractivity contribution in [2.75, 3.05) is 39.9 Å². The van der Waals surface area contributed by atoms with Gasteiger partial charge in [-0.2, -0.15) is 0 Å². The first kappa shape index (κ1) is 19.2. The number of piperidine rings is 1. The lowest BCUT2D eigenvalue weighted by molar-refractivity contribution is 0.0238. The number of nitrogens with zero attached hydrogens (tertiary/aromatic N) is 2. The standard InChI is InChI=1S/C17H35N3O2/c1-6-21-15-9-12-20(13-10-15)17(18-5)19-11-8-16(14(3)4)22-7-2/h14-16H,6-13H2,1-5H3,(H,18,19). The normalized spacial score (nSPS) is 18.8. The van der Waals surface area contributed by atoms with Crippen LogP contribution in [0, 0.1) is 5.92 Å². The van der Waals surface area contributed by atoms with Crippen molar-refractivity contribution in [3.63, 3.8) is 0 Å². The molecule has 0 saturated carbocycles. The van der Waals surface area contributed by atoms with Crippen molar-refractivity contribution in [3.05, 3.63) is 0 Å². The second kappa shape index (κ2) is 10.8. The monoisotopic (exact) mass is 313 g/mol. The topological polar surface area (TPSA) is 46.1 Å². The molecule has 1 N–H and O–H groups in total. The molecule has 1 atom stereocenters. The molecule has 5 heteroatoms. The molecule has 22 heavy (non-hydrogen) atoms. The highest BCUT2D eigenvalue weighted by Gasteiger charge is 2.21. The number of nitrogens with one attached hydrogen (secondary N) is 1. The highest BCUT2D eigenvalue weighted by Crippen LogP contribution is 2.14. The summed E-state index contributed by atoms with van der Waals surface area (Å²) in [7, 11) is 1.86. The highest BCUT2D eigenvalue weighted by atomic mass is 16.5. The average Bonchev–Trinajstić information content (AvgIpc) is 2.51. The Morgan fingerprint density at radius 2 is 1.91 bits per heavy atom. The van der Waals surface area contributed by atoms with E-state index < -0.39 is 0 Å². The van der Waals surface area contributed by atoms with Gasteiger partial charge in [-0.3, -0.25) is 4.99 Å². The molecule has 1 saturated heterocycles. The number of aliphatic imine (C=N–C) groups is 1. The van der Waals surface area contributed by atoms with Crippen molar-refractivity contribution >= 4 is 5.96 Å². The molecule has 1 heterocycles. The molecular weight excluding hydrogens is 278 g/mol. The highest BCUT2D eigenvalue weighted by molar-refractivity contribution is 5.79. The van der Waals surface area contributed by atoms with Crippen molar-refractivity contribution in [1.82, 2.24) is 10.2 Å². The van der Waals surface area contributed by atoms with E-state index in [0.717, 1.165) is 58.1 Å². The first-order valence-electron chi connectivity index (χ1n) is 8.81. The lowest BCUT2D eigenvalue weighted by atomic mass is 10.0. The molecule has 5 nitrogen and oxygen atoms in total. The Kier molecular flexibility index (Phi) is 9.48. The number of rotatable bonds is 8. The quantitative estimate of drug-likeness (QED) is 0.552. The first-order valence-corrected chi connectivity index (χ1v) is 8.81. The Labute approximate surface area is 136 Å². The Morgan fingerprint density at radius 3 is 2.41 bits per heavy atom. The molecule has 0 aliphatic carbocycles. The minimum absolute atomic E-state index is 0.319. The molecule has 1 aliphatic rings. The summed E-state index contributed by atoms with van der Waals surface area (Å²) in [5.74, 6) is 1.56. The van der Waals surface area contributed by atoms with E-state index in [1.807, 2.05) is 7.05 Å². The van der Waals surface area contributed by atoms with Gasteiger partial charge in [-0.15, -0.1) is 0 Å². The molecule has 1 rings (SSSR count). The van der Waals surface area contributed by atoms with Crippen LogP contribution in [0.1, 0.15) is 47.0 Å². The third kappa shape index (κ3) is 6.53. The maximum atomic E-state index is 5.80. The lowest BCUT2D eigenvalue weighted by Gasteiger charge is -2.34. The van der Waals surface area contributed by atoms with Gasteiger partial charge in [-0.25, -0.2) is 0 Å². The molecule has 1 fully saturated rings. The molecule has 0 spiro atoms. The molecule has 0 aromatic heterocycles. The summed E-state index contributed by atoms with van der Waals surface area (Å²) in [5, 5.41) is 3.48. The Hall–Kier alpha value is -0.810. The summed E-state index contributed by atoms with van der Waals surface area (Å²) in [6, 6.07) is 0. The Bertz CT molecular complexity index is 313. The van der Waals surface area contributed by atoms with E-state index in [1.54, 1.807) is 0 Å². The van der Waals surface area contributed by atoms with Gasteiger partial charge in [0, 0.05) is 39.9 Å². The second-order valence-corrected chi connectivity index (χ2v) is 6.14. The van der Waals surface area contributed by atoms with Crippen LogP contribution in [0.3, 0.4) is 0 Å². The SMILES string of the molecule is CCOC1CCN(C(=NC)NCCC(OCC)C(C)C)CC1. The second-order valence-electron chi connectivity index (χ2n) is 6.14.